The van der Waals surface area contributed by atoms with Crippen LogP contribution in [0.3, 0.4) is 0 Å². The molecule has 2 N–H and O–H groups in total. The fourth-order valence-corrected chi connectivity index (χ4v) is 4.30. The van der Waals surface area contributed by atoms with Crippen LogP contribution < -0.4 is 25.0 Å². The molecule has 4 rings (SSSR count). The van der Waals surface area contributed by atoms with Gasteiger partial charge in [0.15, 0.2) is 5.96 Å². The number of hydrogen-bond donors (Lipinski definition) is 2. The first kappa shape index (κ1) is 20.6. The number of anilines is 1. The van der Waals surface area contributed by atoms with Gasteiger partial charge in [0.05, 0.1) is 12.1 Å². The molecular weight excluding hydrogens is 402 g/mol. The van der Waals surface area contributed by atoms with Crippen LogP contribution in [0.2, 0.25) is 5.02 Å². The lowest BCUT2D eigenvalue weighted by Gasteiger charge is -2.20. The molecule has 160 valence electrons. The largest absolute Gasteiger partial charge is 0.496 e. The number of aromatic nitrogens is 1. The molecule has 0 aliphatic carbocycles. The number of halogens is 1. The average Bonchev–Trinajstić information content (AvgIpc) is 3.35. The lowest BCUT2D eigenvalue weighted by molar-refractivity contribution is 0.254. The zero-order valence-corrected chi connectivity index (χ0v) is 18.4. The number of aliphatic imine (C=N–C) groups is 1. The minimum absolute atomic E-state index is 0.209. The number of ether oxygens (including phenoxy) is 2. The van der Waals surface area contributed by atoms with E-state index >= 15 is 0 Å². The van der Waals surface area contributed by atoms with Crippen LogP contribution in [0, 0.1) is 0 Å². The summed E-state index contributed by atoms with van der Waals surface area (Å²) in [5.74, 6) is 3.40. The molecule has 0 spiro atoms. The summed E-state index contributed by atoms with van der Waals surface area (Å²) in [6, 6.07) is 8.14. The summed E-state index contributed by atoms with van der Waals surface area (Å²) >= 11 is 6.30. The van der Waals surface area contributed by atoms with Gasteiger partial charge in [-0.05, 0) is 37.6 Å². The second-order valence-electron chi connectivity index (χ2n) is 7.71. The molecule has 30 heavy (non-hydrogen) atoms. The zero-order valence-electron chi connectivity index (χ0n) is 17.6. The van der Waals surface area contributed by atoms with Crippen molar-refractivity contribution in [3.05, 3.63) is 46.6 Å². The van der Waals surface area contributed by atoms with E-state index in [9.17, 15) is 0 Å². The van der Waals surface area contributed by atoms with Gasteiger partial charge in [-0.25, -0.2) is 4.98 Å². The highest BCUT2D eigenvalue weighted by molar-refractivity contribution is 6.32. The van der Waals surface area contributed by atoms with E-state index in [0.717, 1.165) is 54.8 Å². The lowest BCUT2D eigenvalue weighted by Crippen LogP contribution is -2.44. The molecule has 0 radical (unpaired) electrons. The maximum atomic E-state index is 6.30. The van der Waals surface area contributed by atoms with Gasteiger partial charge in [-0.15, -0.1) is 0 Å². The van der Waals surface area contributed by atoms with Crippen LogP contribution in [0.4, 0.5) is 5.82 Å². The Morgan fingerprint density at radius 1 is 1.43 bits per heavy atom. The smallest absolute Gasteiger partial charge is 0.191 e. The summed E-state index contributed by atoms with van der Waals surface area (Å²) in [6.45, 7) is 4.40. The van der Waals surface area contributed by atoms with Gasteiger partial charge in [-0.1, -0.05) is 11.6 Å². The first-order valence-corrected chi connectivity index (χ1v) is 10.6. The summed E-state index contributed by atoms with van der Waals surface area (Å²) in [5.41, 5.74) is 2.24. The van der Waals surface area contributed by atoms with E-state index in [1.54, 1.807) is 20.4 Å². The number of pyridine rings is 1. The minimum atomic E-state index is 0.209. The quantitative estimate of drug-likeness (QED) is 0.562. The maximum Gasteiger partial charge on any atom is 0.191 e. The first-order chi connectivity index (χ1) is 14.6. The fraction of sp³-hybridized carbons (Fsp3) is 0.455. The van der Waals surface area contributed by atoms with Crippen LogP contribution in [-0.2, 0) is 13.0 Å². The van der Waals surface area contributed by atoms with Crippen molar-refractivity contribution in [2.45, 2.75) is 38.5 Å². The molecule has 8 heteroatoms. The molecule has 3 heterocycles. The molecule has 2 aliphatic heterocycles. The second-order valence-corrected chi connectivity index (χ2v) is 8.12. The van der Waals surface area contributed by atoms with Gasteiger partial charge >= 0.3 is 0 Å². The first-order valence-electron chi connectivity index (χ1n) is 10.3. The molecule has 1 aromatic heterocycles. The highest BCUT2D eigenvalue weighted by Gasteiger charge is 2.26. The Hall–Kier alpha value is -2.67. The van der Waals surface area contributed by atoms with Crippen molar-refractivity contribution in [3.63, 3.8) is 0 Å². The van der Waals surface area contributed by atoms with Crippen molar-refractivity contribution in [1.82, 2.24) is 15.6 Å². The molecule has 2 aliphatic rings. The van der Waals surface area contributed by atoms with Gasteiger partial charge in [-0.2, -0.15) is 0 Å². The third-order valence-corrected chi connectivity index (χ3v) is 5.83. The van der Waals surface area contributed by atoms with Crippen molar-refractivity contribution in [2.24, 2.45) is 4.99 Å². The zero-order chi connectivity index (χ0) is 21.1. The molecule has 1 aromatic carbocycles. The standard InChI is InChI=1S/C22H28ClN5O2/c1-14-9-15-10-19(29-3)16(11-20(15)30-14)12-26-22(24-2)27-17-6-8-28(13-17)21-18(23)5-4-7-25-21/h4-5,7,10-11,14,17H,6,8-9,12-13H2,1-3H3,(H2,24,26,27). The van der Waals surface area contributed by atoms with Crippen LogP contribution in [0.1, 0.15) is 24.5 Å². The van der Waals surface area contributed by atoms with Crippen LogP contribution in [-0.4, -0.2) is 50.3 Å². The highest BCUT2D eigenvalue weighted by atomic mass is 35.5. The summed E-state index contributed by atoms with van der Waals surface area (Å²) in [7, 11) is 3.48. The minimum Gasteiger partial charge on any atom is -0.496 e. The van der Waals surface area contributed by atoms with E-state index < -0.39 is 0 Å². The van der Waals surface area contributed by atoms with Gasteiger partial charge < -0.3 is 25.0 Å². The Bertz CT molecular complexity index is 936. The number of hydrogen-bond acceptors (Lipinski definition) is 5. The summed E-state index contributed by atoms with van der Waals surface area (Å²) in [6.07, 6.45) is 3.89. The number of nitrogens with one attached hydrogen (secondary N) is 2. The van der Waals surface area contributed by atoms with E-state index in [2.05, 4.69) is 44.6 Å². The third kappa shape index (κ3) is 4.41. The Labute approximate surface area is 182 Å². The molecule has 2 unspecified atom stereocenters. The number of fused-ring (bicyclic) bond motifs is 1. The highest BCUT2D eigenvalue weighted by Crippen LogP contribution is 2.35. The number of nitrogens with zero attached hydrogens (tertiary/aromatic N) is 3. The average molecular weight is 430 g/mol. The number of benzene rings is 1. The Kier molecular flexibility index (Phi) is 6.18. The van der Waals surface area contributed by atoms with Crippen molar-refractivity contribution >= 4 is 23.4 Å². The summed E-state index contributed by atoms with van der Waals surface area (Å²) < 4.78 is 11.5. The number of rotatable bonds is 5. The molecular formula is C22H28ClN5O2. The van der Waals surface area contributed by atoms with Crippen LogP contribution in [0.5, 0.6) is 11.5 Å². The van der Waals surface area contributed by atoms with Gasteiger partial charge in [0.1, 0.15) is 23.4 Å². The molecule has 1 fully saturated rings. The normalized spacial score (nSPS) is 20.7. The topological polar surface area (TPSA) is 71.0 Å². The van der Waals surface area contributed by atoms with Crippen molar-refractivity contribution in [2.75, 3.05) is 32.1 Å². The molecule has 0 bridgehead atoms. The van der Waals surface area contributed by atoms with Crippen molar-refractivity contribution in [3.8, 4) is 11.5 Å². The predicted octanol–water partition coefficient (Wildman–Crippen LogP) is 3.01. The predicted molar refractivity (Wildman–Crippen MR) is 120 cm³/mol. The SMILES string of the molecule is CN=C(NCc1cc2c(cc1OC)CC(C)O2)NC1CCN(c2ncccc2Cl)C1. The molecule has 0 saturated carbocycles. The van der Waals surface area contributed by atoms with Crippen LogP contribution in [0.15, 0.2) is 35.5 Å². The van der Waals surface area contributed by atoms with Crippen molar-refractivity contribution in [1.29, 1.82) is 0 Å². The van der Waals surface area contributed by atoms with Gasteiger partial charge in [0, 0.05) is 56.5 Å². The monoisotopic (exact) mass is 429 g/mol. The van der Waals surface area contributed by atoms with E-state index in [0.29, 0.717) is 11.6 Å². The Morgan fingerprint density at radius 3 is 3.07 bits per heavy atom. The molecule has 2 atom stereocenters. The van der Waals surface area contributed by atoms with Crippen molar-refractivity contribution < 1.29 is 9.47 Å². The maximum absolute atomic E-state index is 6.30. The molecule has 1 saturated heterocycles. The van der Waals surface area contributed by atoms with E-state index in [4.69, 9.17) is 21.1 Å². The molecule has 0 amide bonds. The van der Waals surface area contributed by atoms with E-state index in [1.807, 2.05) is 12.1 Å². The summed E-state index contributed by atoms with van der Waals surface area (Å²) in [5, 5.41) is 7.59. The third-order valence-electron chi connectivity index (χ3n) is 5.54. The Balaban J connectivity index is 1.36. The fourth-order valence-electron chi connectivity index (χ4n) is 4.06. The number of guanidine groups is 1. The van der Waals surface area contributed by atoms with Crippen LogP contribution >= 0.6 is 11.6 Å². The lowest BCUT2D eigenvalue weighted by atomic mass is 10.1. The van der Waals surface area contributed by atoms with E-state index in [-0.39, 0.29) is 12.1 Å². The Morgan fingerprint density at radius 2 is 2.30 bits per heavy atom. The second kappa shape index (κ2) is 9.00. The number of methoxy groups -OCH3 is 1. The van der Waals surface area contributed by atoms with Gasteiger partial charge in [0.25, 0.3) is 0 Å². The van der Waals surface area contributed by atoms with Crippen LogP contribution in [0.25, 0.3) is 0 Å². The molecule has 7 nitrogen and oxygen atoms in total. The summed E-state index contributed by atoms with van der Waals surface area (Å²) in [4.78, 5) is 11.0. The van der Waals surface area contributed by atoms with Gasteiger partial charge in [0.2, 0.25) is 0 Å². The van der Waals surface area contributed by atoms with Gasteiger partial charge in [-0.3, -0.25) is 4.99 Å². The molecule has 2 aromatic rings. The van der Waals surface area contributed by atoms with E-state index in [1.165, 1.54) is 5.56 Å².